The second-order valence-corrected chi connectivity index (χ2v) is 11.7. The van der Waals surface area contributed by atoms with E-state index in [1.165, 1.54) is 5.70 Å². The molecule has 3 heteroatoms. The van der Waals surface area contributed by atoms with Gasteiger partial charge in [0, 0.05) is 0 Å². The number of carbonyl (C=O) groups excluding carboxylic acids is 1. The van der Waals surface area contributed by atoms with Gasteiger partial charge in [0.25, 0.3) is 0 Å². The van der Waals surface area contributed by atoms with Crippen molar-refractivity contribution in [2.24, 2.45) is 0 Å². The summed E-state index contributed by atoms with van der Waals surface area (Å²) in [7, 11) is 0. The Labute approximate surface area is 89.9 Å². The molecule has 0 spiro atoms. The molecule has 0 aliphatic rings. The van der Waals surface area contributed by atoms with Gasteiger partial charge >= 0.3 is 90.1 Å². The number of allylic oxidation sites excluding steroid dienone is 2. The molecular formula is C10H20InNO. The molecule has 0 aromatic heterocycles. The third kappa shape index (κ3) is 5.40. The fraction of sp³-hybridized carbons (Fsp3) is 0.700. The van der Waals surface area contributed by atoms with Gasteiger partial charge in [-0.3, -0.25) is 0 Å². The standard InChI is InChI=1S/C8H15NO.2CH3.In/c1-4-5-9-7(2)6-8(3)10;;;/h6H,4-5H2,1-3H3,(H,9,10);2*1H3;/q;;;+1/p-1. The van der Waals surface area contributed by atoms with E-state index in [-0.39, 0.29) is 5.78 Å². The molecule has 0 atom stereocenters. The summed E-state index contributed by atoms with van der Waals surface area (Å²) in [4.78, 5) is 10.9. The summed E-state index contributed by atoms with van der Waals surface area (Å²) in [6.45, 7) is 6.96. The molecule has 0 fully saturated rings. The van der Waals surface area contributed by atoms with E-state index in [1.807, 2.05) is 6.92 Å². The molecule has 0 aliphatic carbocycles. The molecule has 13 heavy (non-hydrogen) atoms. The van der Waals surface area contributed by atoms with Crippen molar-refractivity contribution in [1.29, 1.82) is 0 Å². The van der Waals surface area contributed by atoms with Gasteiger partial charge in [-0.15, -0.1) is 0 Å². The van der Waals surface area contributed by atoms with Crippen LogP contribution in [0.2, 0.25) is 9.36 Å². The molecule has 2 nitrogen and oxygen atoms in total. The van der Waals surface area contributed by atoms with Crippen LogP contribution in [0.5, 0.6) is 0 Å². The van der Waals surface area contributed by atoms with E-state index in [0.29, 0.717) is 0 Å². The molecule has 0 bridgehead atoms. The second kappa shape index (κ2) is 6.52. The Morgan fingerprint density at radius 2 is 1.92 bits per heavy atom. The van der Waals surface area contributed by atoms with Crippen molar-refractivity contribution in [3.8, 4) is 0 Å². The Morgan fingerprint density at radius 3 is 2.23 bits per heavy atom. The zero-order valence-corrected chi connectivity index (χ0v) is 12.7. The number of hydrogen-bond donors (Lipinski definition) is 0. The van der Waals surface area contributed by atoms with E-state index in [1.54, 1.807) is 13.0 Å². The molecule has 0 N–H and O–H groups in total. The normalized spacial score (nSPS) is 11.3. The molecule has 0 heterocycles. The minimum absolute atomic E-state index is 0.158. The van der Waals surface area contributed by atoms with Crippen LogP contribution in [-0.4, -0.2) is 36.9 Å². The second-order valence-electron chi connectivity index (χ2n) is 3.68. The summed E-state index contributed by atoms with van der Waals surface area (Å²) in [5.74, 6) is 0.158. The summed E-state index contributed by atoms with van der Waals surface area (Å²) >= 11 is -1.46. The number of rotatable bonds is 5. The fourth-order valence-corrected chi connectivity index (χ4v) is 6.21. The SMILES string of the molecule is CCC[N](/C(C)=C\C(C)=O)[In]([CH3])[CH3]. The van der Waals surface area contributed by atoms with Crippen LogP contribution in [0.25, 0.3) is 0 Å². The number of nitrogens with zero attached hydrogens (tertiary/aromatic N) is 1. The molecular weight excluding hydrogens is 265 g/mol. The van der Waals surface area contributed by atoms with Crippen molar-refractivity contribution in [1.82, 2.24) is 2.89 Å². The monoisotopic (exact) mass is 285 g/mol. The van der Waals surface area contributed by atoms with Crippen LogP contribution >= 0.6 is 0 Å². The van der Waals surface area contributed by atoms with E-state index in [0.717, 1.165) is 13.0 Å². The van der Waals surface area contributed by atoms with Gasteiger partial charge in [0.05, 0.1) is 0 Å². The van der Waals surface area contributed by atoms with Crippen LogP contribution < -0.4 is 0 Å². The third-order valence-corrected chi connectivity index (χ3v) is 7.41. The Morgan fingerprint density at radius 1 is 1.38 bits per heavy atom. The predicted octanol–water partition coefficient (Wildman–Crippen LogP) is 2.44. The molecule has 0 radical (unpaired) electrons. The first-order valence-corrected chi connectivity index (χ1v) is 13.0. The van der Waals surface area contributed by atoms with E-state index in [9.17, 15) is 4.79 Å². The molecule has 0 aromatic carbocycles. The Kier molecular flexibility index (Phi) is 6.56. The van der Waals surface area contributed by atoms with Crippen molar-refractivity contribution in [2.45, 2.75) is 36.6 Å². The molecule has 0 aromatic rings. The summed E-state index contributed by atoms with van der Waals surface area (Å²) in [6.07, 6.45) is 2.92. The van der Waals surface area contributed by atoms with Crippen molar-refractivity contribution < 1.29 is 4.79 Å². The first-order chi connectivity index (χ1) is 5.99. The van der Waals surface area contributed by atoms with Crippen molar-refractivity contribution >= 4 is 27.5 Å². The first kappa shape index (κ1) is 13.1. The Hall–Kier alpha value is 0.0801. The van der Waals surface area contributed by atoms with E-state index in [2.05, 4.69) is 19.2 Å². The van der Waals surface area contributed by atoms with Crippen LogP contribution in [0, 0.1) is 0 Å². The zero-order valence-electron chi connectivity index (χ0n) is 9.42. The van der Waals surface area contributed by atoms with Gasteiger partial charge in [-0.1, -0.05) is 0 Å². The van der Waals surface area contributed by atoms with Crippen LogP contribution in [-0.2, 0) is 4.79 Å². The van der Waals surface area contributed by atoms with Gasteiger partial charge in [0.2, 0.25) is 0 Å². The van der Waals surface area contributed by atoms with Crippen LogP contribution in [0.15, 0.2) is 11.8 Å². The molecule has 0 saturated carbocycles. The summed E-state index contributed by atoms with van der Waals surface area (Å²) in [6, 6.07) is 0. The van der Waals surface area contributed by atoms with Gasteiger partial charge < -0.3 is 0 Å². The van der Waals surface area contributed by atoms with E-state index >= 15 is 0 Å². The summed E-state index contributed by atoms with van der Waals surface area (Å²) in [5, 5.41) is 0. The molecule has 0 rings (SSSR count). The van der Waals surface area contributed by atoms with Crippen LogP contribution in [0.4, 0.5) is 0 Å². The minimum atomic E-state index is -1.46. The summed E-state index contributed by atoms with van der Waals surface area (Å²) < 4.78 is 7.17. The maximum atomic E-state index is 10.9. The van der Waals surface area contributed by atoms with Gasteiger partial charge in [-0.25, -0.2) is 0 Å². The average Bonchev–Trinajstić information content (AvgIpc) is 1.97. The Balaban J connectivity index is 4.44. The van der Waals surface area contributed by atoms with Crippen molar-refractivity contribution in [3.63, 3.8) is 0 Å². The molecule has 0 saturated heterocycles. The number of ketones is 1. The van der Waals surface area contributed by atoms with Gasteiger partial charge in [-0.2, -0.15) is 0 Å². The maximum absolute atomic E-state index is 10.9. The quantitative estimate of drug-likeness (QED) is 0.723. The topological polar surface area (TPSA) is 20.3 Å². The molecule has 0 amide bonds. The van der Waals surface area contributed by atoms with Gasteiger partial charge in [0.15, 0.2) is 0 Å². The van der Waals surface area contributed by atoms with Crippen molar-refractivity contribution in [3.05, 3.63) is 11.8 Å². The molecule has 0 aliphatic heterocycles. The molecule has 0 unspecified atom stereocenters. The van der Waals surface area contributed by atoms with E-state index in [4.69, 9.17) is 0 Å². The van der Waals surface area contributed by atoms with Crippen LogP contribution in [0.3, 0.4) is 0 Å². The number of carbonyl (C=O) groups is 1. The first-order valence-electron chi connectivity index (χ1n) is 4.94. The summed E-state index contributed by atoms with van der Waals surface area (Å²) in [5.41, 5.74) is 1.17. The Bertz CT molecular complexity index is 199. The predicted molar refractivity (Wildman–Crippen MR) is 58.9 cm³/mol. The molecule has 74 valence electrons. The fourth-order valence-electron chi connectivity index (χ4n) is 1.46. The third-order valence-electron chi connectivity index (χ3n) is 1.95. The van der Waals surface area contributed by atoms with Gasteiger partial charge in [0.1, 0.15) is 0 Å². The van der Waals surface area contributed by atoms with Crippen molar-refractivity contribution in [2.75, 3.05) is 6.54 Å². The number of hydrogen-bond acceptors (Lipinski definition) is 2. The zero-order chi connectivity index (χ0) is 10.4. The van der Waals surface area contributed by atoms with E-state index < -0.39 is 21.7 Å². The average molecular weight is 285 g/mol. The van der Waals surface area contributed by atoms with Gasteiger partial charge in [-0.05, 0) is 0 Å². The van der Waals surface area contributed by atoms with Crippen LogP contribution in [0.1, 0.15) is 27.2 Å².